The first kappa shape index (κ1) is 32.4. The Morgan fingerprint density at radius 3 is 2.48 bits per heavy atom. The summed E-state index contributed by atoms with van der Waals surface area (Å²) in [6, 6.07) is 9.05. The van der Waals surface area contributed by atoms with Crippen LogP contribution in [0.5, 0.6) is 0 Å². The molecule has 44 heavy (non-hydrogen) atoms. The molecule has 3 aliphatic carbocycles. The Bertz CT molecular complexity index is 1310. The number of aromatic nitrogens is 1. The van der Waals surface area contributed by atoms with E-state index in [1.807, 2.05) is 24.3 Å². The summed E-state index contributed by atoms with van der Waals surface area (Å²) in [5.74, 6) is -0.840. The van der Waals surface area contributed by atoms with E-state index >= 15 is 0 Å². The molecular formula is C34H48BN3O6. The fraction of sp³-hybridized carbons (Fsp3) is 0.647. The van der Waals surface area contributed by atoms with Gasteiger partial charge in [-0.1, -0.05) is 70.5 Å². The number of carbonyl (C=O) groups is 3. The molecule has 4 aliphatic rings. The maximum Gasteiger partial charge on any atom is 0.481 e. The summed E-state index contributed by atoms with van der Waals surface area (Å²) in [5.41, 5.74) is 1.54. The van der Waals surface area contributed by atoms with E-state index in [-0.39, 0.29) is 47.9 Å². The lowest BCUT2D eigenvalue weighted by Crippen LogP contribution is -2.65. The molecule has 6 rings (SSSR count). The Balaban J connectivity index is 1.30. The van der Waals surface area contributed by atoms with Crippen LogP contribution in [0.2, 0.25) is 0 Å². The van der Waals surface area contributed by atoms with Crippen LogP contribution in [0.3, 0.4) is 0 Å². The van der Waals surface area contributed by atoms with Crippen LogP contribution in [0.25, 0.3) is 0 Å². The second kappa shape index (κ2) is 13.2. The van der Waals surface area contributed by atoms with E-state index in [1.165, 1.54) is 17.8 Å². The summed E-state index contributed by atoms with van der Waals surface area (Å²) < 4.78 is 18.2. The number of nitrogens with one attached hydrogen (secondary N) is 2. The van der Waals surface area contributed by atoms with Gasteiger partial charge in [0.2, 0.25) is 11.7 Å². The van der Waals surface area contributed by atoms with Crippen molar-refractivity contribution in [3.8, 4) is 0 Å². The molecule has 3 saturated carbocycles. The highest BCUT2D eigenvalue weighted by Crippen LogP contribution is 2.65. The average Bonchev–Trinajstić information content (AvgIpc) is 3.65. The van der Waals surface area contributed by atoms with Gasteiger partial charge in [-0.15, -0.1) is 0 Å². The Hall–Kier alpha value is -2.98. The van der Waals surface area contributed by atoms with Gasteiger partial charge in [0.25, 0.3) is 5.91 Å². The maximum atomic E-state index is 13.9. The smallest absolute Gasteiger partial charge is 0.404 e. The number of hydrogen-bond acceptors (Lipinski definition) is 7. The van der Waals surface area contributed by atoms with E-state index in [0.717, 1.165) is 32.1 Å². The van der Waals surface area contributed by atoms with Crippen LogP contribution < -0.4 is 10.6 Å². The van der Waals surface area contributed by atoms with Crippen LogP contribution in [0.1, 0.15) is 107 Å². The fourth-order valence-electron chi connectivity index (χ4n) is 7.59. The predicted octanol–water partition coefficient (Wildman–Crippen LogP) is 5.43. The first-order valence-corrected chi connectivity index (χ1v) is 16.4. The lowest BCUT2D eigenvalue weighted by atomic mass is 9.43. The Morgan fingerprint density at radius 1 is 1.09 bits per heavy atom. The van der Waals surface area contributed by atoms with Gasteiger partial charge < -0.3 is 24.5 Å². The maximum absolute atomic E-state index is 13.9. The topological polar surface area (TPSA) is 120 Å². The van der Waals surface area contributed by atoms with Crippen LogP contribution >= 0.6 is 0 Å². The number of carbonyl (C=O) groups excluding carboxylic acids is 3. The zero-order valence-electron chi connectivity index (χ0n) is 27.1. The van der Waals surface area contributed by atoms with Crippen molar-refractivity contribution in [3.05, 3.63) is 53.4 Å². The van der Waals surface area contributed by atoms with Crippen molar-refractivity contribution in [1.29, 1.82) is 0 Å². The molecule has 2 aromatic rings. The molecule has 238 valence electrons. The lowest BCUT2D eigenvalue weighted by molar-refractivity contribution is -0.199. The third-order valence-corrected chi connectivity index (χ3v) is 10.4. The number of benzene rings is 1. The summed E-state index contributed by atoms with van der Waals surface area (Å²) in [7, 11) is -0.581. The summed E-state index contributed by atoms with van der Waals surface area (Å²) in [6.07, 6.45) is 7.23. The van der Waals surface area contributed by atoms with Crippen LogP contribution in [0.4, 0.5) is 0 Å². The molecule has 6 atom stereocenters. The standard InChI is InChI=1S/C34H48BN3O6/c1-7-8-9-22-10-12-23(13-11-22)26(39)17-24(20-36-32(41)27-14-15-37-43-27)31(40)38-30(16-21(2)3)35-42-29-19-25-18-28(33(25,4)5)34(29,6)44-35/h10-15,21,24-25,28-30H,7-9,16-20H2,1-6H3,(H,36,41)(H,38,40)/t24-,25-,28-,29+,30-,34-/m0/s1. The first-order valence-electron chi connectivity index (χ1n) is 16.4. The zero-order valence-corrected chi connectivity index (χ0v) is 27.1. The molecule has 2 N–H and O–H groups in total. The van der Waals surface area contributed by atoms with Crippen LogP contribution in [0, 0.1) is 29.1 Å². The van der Waals surface area contributed by atoms with E-state index < -0.39 is 30.5 Å². The lowest BCUT2D eigenvalue weighted by Gasteiger charge is -2.64. The van der Waals surface area contributed by atoms with Crippen molar-refractivity contribution in [3.63, 3.8) is 0 Å². The minimum atomic E-state index is -0.810. The molecule has 0 radical (unpaired) electrons. The van der Waals surface area contributed by atoms with E-state index in [4.69, 9.17) is 13.8 Å². The van der Waals surface area contributed by atoms with Crippen molar-refractivity contribution < 1.29 is 28.2 Å². The van der Waals surface area contributed by atoms with Gasteiger partial charge in [0.1, 0.15) is 0 Å². The number of hydrogen-bond donors (Lipinski definition) is 2. The molecule has 0 unspecified atom stereocenters. The molecule has 1 aliphatic heterocycles. The highest BCUT2D eigenvalue weighted by atomic mass is 16.7. The number of unbranched alkanes of at least 4 members (excludes halogenated alkanes) is 1. The highest BCUT2D eigenvalue weighted by molar-refractivity contribution is 6.47. The van der Waals surface area contributed by atoms with Crippen molar-refractivity contribution in [2.45, 2.75) is 104 Å². The van der Waals surface area contributed by atoms with Gasteiger partial charge >= 0.3 is 7.12 Å². The van der Waals surface area contributed by atoms with Gasteiger partial charge in [-0.3, -0.25) is 14.4 Å². The van der Waals surface area contributed by atoms with E-state index in [9.17, 15) is 14.4 Å². The van der Waals surface area contributed by atoms with E-state index in [2.05, 4.69) is 57.3 Å². The second-order valence-corrected chi connectivity index (χ2v) is 14.3. The van der Waals surface area contributed by atoms with Crippen molar-refractivity contribution in [2.75, 3.05) is 6.54 Å². The Labute approximate surface area is 261 Å². The monoisotopic (exact) mass is 605 g/mol. The average molecular weight is 606 g/mol. The van der Waals surface area contributed by atoms with Gasteiger partial charge in [-0.25, -0.2) is 0 Å². The number of aryl methyl sites for hydroxylation is 1. The Kier molecular flexibility index (Phi) is 9.71. The molecule has 2 heterocycles. The molecule has 0 spiro atoms. The van der Waals surface area contributed by atoms with Gasteiger partial charge in [0.05, 0.1) is 29.8 Å². The summed E-state index contributed by atoms with van der Waals surface area (Å²) in [5, 5.41) is 9.53. The predicted molar refractivity (Wildman–Crippen MR) is 168 cm³/mol. The van der Waals surface area contributed by atoms with Gasteiger partial charge in [0, 0.05) is 24.6 Å². The second-order valence-electron chi connectivity index (χ2n) is 14.3. The van der Waals surface area contributed by atoms with Gasteiger partial charge in [0.15, 0.2) is 5.78 Å². The van der Waals surface area contributed by atoms with Gasteiger partial charge in [-0.05, 0) is 67.8 Å². The minimum Gasteiger partial charge on any atom is -0.404 e. The van der Waals surface area contributed by atoms with E-state index in [0.29, 0.717) is 23.8 Å². The number of rotatable bonds is 14. The zero-order chi connectivity index (χ0) is 31.6. The normalized spacial score (nSPS) is 26.4. The van der Waals surface area contributed by atoms with Crippen LogP contribution in [0.15, 0.2) is 41.1 Å². The molecule has 1 saturated heterocycles. The molecule has 9 nitrogen and oxygen atoms in total. The van der Waals surface area contributed by atoms with Gasteiger partial charge in [-0.2, -0.15) is 0 Å². The molecule has 4 fully saturated rings. The highest BCUT2D eigenvalue weighted by Gasteiger charge is 2.68. The summed E-state index contributed by atoms with van der Waals surface area (Å²) in [4.78, 5) is 40.0. The summed E-state index contributed by atoms with van der Waals surface area (Å²) in [6.45, 7) is 13.1. The van der Waals surface area contributed by atoms with Crippen molar-refractivity contribution in [2.24, 2.45) is 29.1 Å². The van der Waals surface area contributed by atoms with Crippen LogP contribution in [-0.4, -0.2) is 54.1 Å². The van der Waals surface area contributed by atoms with Crippen molar-refractivity contribution >= 4 is 24.7 Å². The molecular weight excluding hydrogens is 557 g/mol. The minimum absolute atomic E-state index is 0.00490. The first-order chi connectivity index (χ1) is 20.9. The molecule has 1 aromatic carbocycles. The number of nitrogens with zero attached hydrogens (tertiary/aromatic N) is 1. The third-order valence-electron chi connectivity index (χ3n) is 10.4. The molecule has 2 amide bonds. The fourth-order valence-corrected chi connectivity index (χ4v) is 7.59. The third kappa shape index (κ3) is 6.66. The van der Waals surface area contributed by atoms with E-state index in [1.54, 1.807) is 0 Å². The van der Waals surface area contributed by atoms with Crippen LogP contribution in [-0.2, 0) is 20.5 Å². The molecule has 1 aromatic heterocycles. The SMILES string of the molecule is CCCCc1ccc(C(=O)C[C@@H](CNC(=O)c2ccno2)C(=O)N[C@@H](CC(C)C)B2O[C@@H]3C[C@@H]4C[C@@H](C4(C)C)[C@]3(C)O2)cc1. The quantitative estimate of drug-likeness (QED) is 0.218. The number of Topliss-reactive ketones (excluding diaryl/α,β-unsaturated/α-hetero) is 1. The number of ketones is 1. The van der Waals surface area contributed by atoms with Crippen molar-refractivity contribution in [1.82, 2.24) is 15.8 Å². The number of amides is 2. The Morgan fingerprint density at radius 2 is 1.84 bits per heavy atom. The largest absolute Gasteiger partial charge is 0.481 e. The molecule has 10 heteroatoms. The molecule has 2 bridgehead atoms. The summed E-state index contributed by atoms with van der Waals surface area (Å²) >= 11 is 0.